The lowest BCUT2D eigenvalue weighted by Gasteiger charge is -2.39. The van der Waals surface area contributed by atoms with Crippen molar-refractivity contribution >= 4 is 17.7 Å². The number of nitrogens with two attached hydrogens (primary N) is 1. The molecular weight excluding hydrogens is 280 g/mol. The minimum Gasteiger partial charge on any atom is -0.339 e. The standard InChI is InChI=1S/C17H24N2OS/c18-10-8-13-5-3-4-11-19(13)17(20)15-9-12-21-16-7-2-1-6-14(15)16/h1-2,6-7,13,15H,3-5,8-12,18H2. The van der Waals surface area contributed by atoms with Crippen LogP contribution in [-0.4, -0.2) is 35.7 Å². The Hall–Kier alpha value is -1.00. The van der Waals surface area contributed by atoms with Crippen molar-refractivity contribution in [3.05, 3.63) is 29.8 Å². The van der Waals surface area contributed by atoms with E-state index in [1.54, 1.807) is 0 Å². The van der Waals surface area contributed by atoms with Crippen LogP contribution in [0.2, 0.25) is 0 Å². The lowest BCUT2D eigenvalue weighted by molar-refractivity contribution is -0.136. The van der Waals surface area contributed by atoms with E-state index in [0.29, 0.717) is 18.5 Å². The zero-order valence-electron chi connectivity index (χ0n) is 12.5. The Kier molecular flexibility index (Phi) is 4.86. The molecule has 1 aromatic rings. The maximum absolute atomic E-state index is 13.1. The number of benzene rings is 1. The van der Waals surface area contributed by atoms with Gasteiger partial charge in [0.05, 0.1) is 5.92 Å². The van der Waals surface area contributed by atoms with Gasteiger partial charge in [-0.3, -0.25) is 4.79 Å². The smallest absolute Gasteiger partial charge is 0.230 e. The number of amides is 1. The summed E-state index contributed by atoms with van der Waals surface area (Å²) in [4.78, 5) is 16.5. The van der Waals surface area contributed by atoms with Crippen molar-refractivity contribution in [1.29, 1.82) is 0 Å². The maximum Gasteiger partial charge on any atom is 0.230 e. The van der Waals surface area contributed by atoms with Crippen molar-refractivity contribution < 1.29 is 4.79 Å². The second kappa shape index (κ2) is 6.84. The summed E-state index contributed by atoms with van der Waals surface area (Å²) in [6.07, 6.45) is 5.38. The molecule has 0 bridgehead atoms. The number of hydrogen-bond acceptors (Lipinski definition) is 3. The Morgan fingerprint density at radius 3 is 3.00 bits per heavy atom. The van der Waals surface area contributed by atoms with E-state index < -0.39 is 0 Å². The lowest BCUT2D eigenvalue weighted by atomic mass is 9.91. The summed E-state index contributed by atoms with van der Waals surface area (Å²) in [5.41, 5.74) is 6.97. The molecule has 2 heterocycles. The van der Waals surface area contributed by atoms with Crippen LogP contribution < -0.4 is 5.73 Å². The minimum atomic E-state index is 0.0563. The molecule has 114 valence electrons. The van der Waals surface area contributed by atoms with Crippen LogP contribution in [0.15, 0.2) is 29.2 Å². The van der Waals surface area contributed by atoms with Crippen LogP contribution in [0.4, 0.5) is 0 Å². The van der Waals surface area contributed by atoms with Gasteiger partial charge >= 0.3 is 0 Å². The fraction of sp³-hybridized carbons (Fsp3) is 0.588. The number of hydrogen-bond donors (Lipinski definition) is 1. The monoisotopic (exact) mass is 304 g/mol. The van der Waals surface area contributed by atoms with Crippen LogP contribution in [-0.2, 0) is 4.79 Å². The number of likely N-dealkylation sites (tertiary alicyclic amines) is 1. The molecule has 1 aromatic carbocycles. The summed E-state index contributed by atoms with van der Waals surface area (Å²) < 4.78 is 0. The summed E-state index contributed by atoms with van der Waals surface area (Å²) in [6.45, 7) is 1.58. The van der Waals surface area contributed by atoms with Gasteiger partial charge in [0.25, 0.3) is 0 Å². The van der Waals surface area contributed by atoms with Gasteiger partial charge in [-0.25, -0.2) is 0 Å². The van der Waals surface area contributed by atoms with Gasteiger partial charge in [-0.1, -0.05) is 18.2 Å². The molecule has 2 N–H and O–H groups in total. The molecular formula is C17H24N2OS. The van der Waals surface area contributed by atoms with Gasteiger partial charge < -0.3 is 10.6 Å². The Morgan fingerprint density at radius 1 is 1.29 bits per heavy atom. The molecule has 0 aromatic heterocycles. The van der Waals surface area contributed by atoms with Gasteiger partial charge in [-0.05, 0) is 56.0 Å². The quantitative estimate of drug-likeness (QED) is 0.934. The van der Waals surface area contributed by atoms with E-state index >= 15 is 0 Å². The summed E-state index contributed by atoms with van der Waals surface area (Å²) in [5.74, 6) is 1.43. The molecule has 3 nitrogen and oxygen atoms in total. The molecule has 1 amide bonds. The third-order valence-electron chi connectivity index (χ3n) is 4.67. The molecule has 4 heteroatoms. The lowest BCUT2D eigenvalue weighted by Crippen LogP contribution is -2.47. The molecule has 1 fully saturated rings. The van der Waals surface area contributed by atoms with Crippen LogP contribution in [0, 0.1) is 0 Å². The largest absolute Gasteiger partial charge is 0.339 e. The van der Waals surface area contributed by atoms with Gasteiger partial charge in [0.1, 0.15) is 0 Å². The van der Waals surface area contributed by atoms with Crippen LogP contribution >= 0.6 is 11.8 Å². The average molecular weight is 304 g/mol. The Balaban J connectivity index is 1.81. The molecule has 21 heavy (non-hydrogen) atoms. The van der Waals surface area contributed by atoms with E-state index in [0.717, 1.165) is 38.0 Å². The molecule has 2 aliphatic heterocycles. The second-order valence-electron chi connectivity index (χ2n) is 5.99. The van der Waals surface area contributed by atoms with Gasteiger partial charge in [0, 0.05) is 17.5 Å². The highest BCUT2D eigenvalue weighted by molar-refractivity contribution is 7.99. The predicted molar refractivity (Wildman–Crippen MR) is 87.5 cm³/mol. The summed E-state index contributed by atoms with van der Waals surface area (Å²) in [6, 6.07) is 8.76. The number of carbonyl (C=O) groups excluding carboxylic acids is 1. The molecule has 0 radical (unpaired) electrons. The van der Waals surface area contributed by atoms with E-state index in [4.69, 9.17) is 5.73 Å². The Labute approximate surface area is 131 Å². The van der Waals surface area contributed by atoms with Gasteiger partial charge in [-0.15, -0.1) is 11.8 Å². The molecule has 0 saturated carbocycles. The van der Waals surface area contributed by atoms with Crippen molar-refractivity contribution in [3.8, 4) is 0 Å². The molecule has 0 aliphatic carbocycles. The third kappa shape index (κ3) is 3.11. The zero-order chi connectivity index (χ0) is 14.7. The van der Waals surface area contributed by atoms with E-state index in [9.17, 15) is 4.79 Å². The van der Waals surface area contributed by atoms with Gasteiger partial charge in [-0.2, -0.15) is 0 Å². The first-order valence-electron chi connectivity index (χ1n) is 8.03. The van der Waals surface area contributed by atoms with Crippen LogP contribution in [0.1, 0.15) is 43.6 Å². The van der Waals surface area contributed by atoms with Crippen molar-refractivity contribution in [2.45, 2.75) is 49.0 Å². The molecule has 3 rings (SSSR count). The van der Waals surface area contributed by atoms with E-state index in [-0.39, 0.29) is 5.92 Å². The van der Waals surface area contributed by atoms with Crippen molar-refractivity contribution in [1.82, 2.24) is 4.90 Å². The van der Waals surface area contributed by atoms with E-state index in [1.807, 2.05) is 11.8 Å². The number of thioether (sulfide) groups is 1. The SMILES string of the molecule is NCCC1CCCCN1C(=O)C1CCSc2ccccc21. The summed E-state index contributed by atoms with van der Waals surface area (Å²) in [7, 11) is 0. The highest BCUT2D eigenvalue weighted by Gasteiger charge is 2.34. The average Bonchev–Trinajstić information content (AvgIpc) is 2.54. The fourth-order valence-corrected chi connectivity index (χ4v) is 4.71. The van der Waals surface area contributed by atoms with E-state index in [1.165, 1.54) is 16.9 Å². The van der Waals surface area contributed by atoms with Gasteiger partial charge in [0.15, 0.2) is 0 Å². The first-order chi connectivity index (χ1) is 10.3. The Bertz CT molecular complexity index is 503. The number of fused-ring (bicyclic) bond motifs is 1. The first-order valence-corrected chi connectivity index (χ1v) is 9.02. The molecule has 2 unspecified atom stereocenters. The van der Waals surface area contributed by atoms with Crippen LogP contribution in [0.25, 0.3) is 0 Å². The van der Waals surface area contributed by atoms with Crippen molar-refractivity contribution in [2.24, 2.45) is 5.73 Å². The molecule has 1 saturated heterocycles. The fourth-order valence-electron chi connectivity index (χ4n) is 3.58. The highest BCUT2D eigenvalue weighted by Crippen LogP contribution is 2.39. The predicted octanol–water partition coefficient (Wildman–Crippen LogP) is 3.00. The van der Waals surface area contributed by atoms with Gasteiger partial charge in [0.2, 0.25) is 5.91 Å². The topological polar surface area (TPSA) is 46.3 Å². The second-order valence-corrected chi connectivity index (χ2v) is 7.12. The third-order valence-corrected chi connectivity index (χ3v) is 5.79. The maximum atomic E-state index is 13.1. The Morgan fingerprint density at radius 2 is 2.14 bits per heavy atom. The first kappa shape index (κ1) is 14.9. The van der Waals surface area contributed by atoms with Crippen LogP contribution in [0.3, 0.4) is 0 Å². The van der Waals surface area contributed by atoms with E-state index in [2.05, 4.69) is 29.2 Å². The summed E-state index contributed by atoms with van der Waals surface area (Å²) >= 11 is 1.88. The number of rotatable bonds is 3. The number of piperidine rings is 1. The van der Waals surface area contributed by atoms with Crippen molar-refractivity contribution in [3.63, 3.8) is 0 Å². The minimum absolute atomic E-state index is 0.0563. The summed E-state index contributed by atoms with van der Waals surface area (Å²) in [5, 5.41) is 0. The normalized spacial score (nSPS) is 25.5. The molecule has 2 atom stereocenters. The molecule has 0 spiro atoms. The molecule has 2 aliphatic rings. The zero-order valence-corrected chi connectivity index (χ0v) is 13.3. The van der Waals surface area contributed by atoms with Crippen LogP contribution in [0.5, 0.6) is 0 Å². The highest BCUT2D eigenvalue weighted by atomic mass is 32.2. The number of carbonyl (C=O) groups is 1. The number of nitrogens with zero attached hydrogens (tertiary/aromatic N) is 1. The van der Waals surface area contributed by atoms with Crippen molar-refractivity contribution in [2.75, 3.05) is 18.8 Å².